The fraction of sp³-hybridized carbons (Fsp3) is 0.548. The smallest absolute Gasteiger partial charge is 0.256 e. The first-order valence-electron chi connectivity index (χ1n) is 14.3. The number of likely N-dealkylation sites (tertiary alicyclic amines) is 1. The van der Waals surface area contributed by atoms with Crippen LogP contribution in [-0.4, -0.2) is 71.1 Å². The summed E-state index contributed by atoms with van der Waals surface area (Å²) in [6, 6.07) is 4.54. The highest BCUT2D eigenvalue weighted by Gasteiger charge is 2.27. The van der Waals surface area contributed by atoms with E-state index in [1.54, 1.807) is 18.0 Å². The van der Waals surface area contributed by atoms with Crippen molar-refractivity contribution in [3.05, 3.63) is 59.3 Å². The molecule has 0 spiro atoms. The Morgan fingerprint density at radius 1 is 1.18 bits per heavy atom. The Kier molecular flexibility index (Phi) is 8.15. The lowest BCUT2D eigenvalue weighted by atomic mass is 9.94. The number of hydrogen-bond donors (Lipinski definition) is 1. The summed E-state index contributed by atoms with van der Waals surface area (Å²) in [5.74, 6) is 0.885. The number of nitrogens with one attached hydrogen (secondary N) is 1. The summed E-state index contributed by atoms with van der Waals surface area (Å²) in [4.78, 5) is 22.1. The van der Waals surface area contributed by atoms with Crippen LogP contribution in [0.1, 0.15) is 61.0 Å². The Bertz CT molecular complexity index is 1280. The molecule has 3 aromatic rings. The molecule has 1 aromatic carbocycles. The molecule has 0 radical (unpaired) electrons. The first kappa shape index (κ1) is 26.8. The van der Waals surface area contributed by atoms with Crippen molar-refractivity contribution in [1.29, 1.82) is 0 Å². The van der Waals surface area contributed by atoms with Gasteiger partial charge in [0, 0.05) is 37.4 Å². The third-order valence-corrected chi connectivity index (χ3v) is 8.72. The molecule has 0 saturated carbocycles. The number of carbonyl (C=O) groups excluding carboxylic acids is 1. The van der Waals surface area contributed by atoms with Gasteiger partial charge in [0.2, 0.25) is 0 Å². The quantitative estimate of drug-likeness (QED) is 0.444. The molecule has 2 aliphatic heterocycles. The number of aromatic nitrogens is 2. The standard InChI is InChI=1S/C31H42FN5O/c1-21(2)35(4)31(38)27-16-26(32)5-6-28(27)37-20-25(30-22(3)17-34-18-29(30)37)15-24-10-14-36(19-24)13-9-23-7-11-33-12-8-23/h5-6,16-18,20-21,23-24,33H,7-15,19H2,1-4H3/t24-/m0/s1. The van der Waals surface area contributed by atoms with Crippen LogP contribution in [0.4, 0.5) is 4.39 Å². The lowest BCUT2D eigenvalue weighted by molar-refractivity contribution is 0.0754. The van der Waals surface area contributed by atoms with Crippen molar-refractivity contribution in [3.63, 3.8) is 0 Å². The fourth-order valence-electron chi connectivity index (χ4n) is 6.24. The number of aryl methyl sites for hydroxylation is 1. The maximum Gasteiger partial charge on any atom is 0.256 e. The second-order valence-corrected chi connectivity index (χ2v) is 11.7. The zero-order valence-electron chi connectivity index (χ0n) is 23.3. The summed E-state index contributed by atoms with van der Waals surface area (Å²) in [7, 11) is 1.77. The zero-order chi connectivity index (χ0) is 26.8. The molecule has 0 aliphatic carbocycles. The van der Waals surface area contributed by atoms with Crippen LogP contribution >= 0.6 is 0 Å². The van der Waals surface area contributed by atoms with E-state index in [4.69, 9.17) is 0 Å². The van der Waals surface area contributed by atoms with E-state index < -0.39 is 5.82 Å². The predicted octanol–water partition coefficient (Wildman–Crippen LogP) is 5.21. The molecule has 1 amide bonds. The molecule has 4 heterocycles. The van der Waals surface area contributed by atoms with Crippen LogP contribution in [0, 0.1) is 24.6 Å². The van der Waals surface area contributed by atoms with Gasteiger partial charge < -0.3 is 19.7 Å². The van der Waals surface area contributed by atoms with E-state index in [0.29, 0.717) is 17.2 Å². The molecule has 38 heavy (non-hydrogen) atoms. The van der Waals surface area contributed by atoms with Gasteiger partial charge in [0.05, 0.1) is 23.0 Å². The normalized spacial score (nSPS) is 19.1. The molecule has 2 aliphatic rings. The number of benzene rings is 1. The number of halogens is 1. The first-order valence-corrected chi connectivity index (χ1v) is 14.3. The van der Waals surface area contributed by atoms with Crippen molar-refractivity contribution in [1.82, 2.24) is 24.7 Å². The average Bonchev–Trinajstić information content (AvgIpc) is 3.52. The molecule has 2 fully saturated rings. The Morgan fingerprint density at radius 3 is 2.74 bits per heavy atom. The number of rotatable bonds is 8. The molecular weight excluding hydrogens is 477 g/mol. The monoisotopic (exact) mass is 519 g/mol. The predicted molar refractivity (Wildman–Crippen MR) is 151 cm³/mol. The van der Waals surface area contributed by atoms with Gasteiger partial charge in [-0.1, -0.05) is 0 Å². The molecule has 5 rings (SSSR count). The Balaban J connectivity index is 1.40. The maximum atomic E-state index is 14.4. The maximum absolute atomic E-state index is 14.4. The SMILES string of the molecule is Cc1cncc2c1c(C[C@@H]1CCN(CCC3CCNCC3)C1)cn2-c1ccc(F)cc1C(=O)N(C)C(C)C. The molecule has 204 valence electrons. The highest BCUT2D eigenvalue weighted by molar-refractivity contribution is 5.99. The van der Waals surface area contributed by atoms with Crippen LogP contribution in [0.5, 0.6) is 0 Å². The summed E-state index contributed by atoms with van der Waals surface area (Å²) in [6.07, 6.45) is 12.1. The van der Waals surface area contributed by atoms with Gasteiger partial charge in [-0.25, -0.2) is 4.39 Å². The number of pyridine rings is 1. The van der Waals surface area contributed by atoms with Gasteiger partial charge in [-0.2, -0.15) is 0 Å². The van der Waals surface area contributed by atoms with Crippen LogP contribution in [-0.2, 0) is 6.42 Å². The van der Waals surface area contributed by atoms with Crippen molar-refractivity contribution in [2.75, 3.05) is 39.8 Å². The number of carbonyl (C=O) groups is 1. The van der Waals surface area contributed by atoms with Gasteiger partial charge in [-0.3, -0.25) is 9.78 Å². The van der Waals surface area contributed by atoms with Gasteiger partial charge in [-0.05, 0) is 120 Å². The summed E-state index contributed by atoms with van der Waals surface area (Å²) in [5.41, 5.74) is 4.45. The van der Waals surface area contributed by atoms with Crippen molar-refractivity contribution in [2.45, 2.75) is 58.9 Å². The number of nitrogens with zero attached hydrogens (tertiary/aromatic N) is 4. The molecule has 6 nitrogen and oxygen atoms in total. The lowest BCUT2D eigenvalue weighted by Gasteiger charge is -2.25. The van der Waals surface area contributed by atoms with E-state index in [1.807, 2.05) is 26.2 Å². The number of amides is 1. The van der Waals surface area contributed by atoms with Crippen molar-refractivity contribution >= 4 is 16.8 Å². The minimum atomic E-state index is -0.407. The van der Waals surface area contributed by atoms with E-state index >= 15 is 0 Å². The third-order valence-electron chi connectivity index (χ3n) is 8.72. The van der Waals surface area contributed by atoms with Crippen molar-refractivity contribution < 1.29 is 9.18 Å². The highest BCUT2D eigenvalue weighted by Crippen LogP contribution is 2.33. The van der Waals surface area contributed by atoms with Crippen LogP contribution in [0.3, 0.4) is 0 Å². The van der Waals surface area contributed by atoms with Crippen LogP contribution < -0.4 is 5.32 Å². The molecule has 7 heteroatoms. The second-order valence-electron chi connectivity index (χ2n) is 11.7. The Hall–Kier alpha value is -2.77. The van der Waals surface area contributed by atoms with E-state index in [9.17, 15) is 9.18 Å². The molecule has 2 saturated heterocycles. The summed E-state index contributed by atoms with van der Waals surface area (Å²) < 4.78 is 16.4. The van der Waals surface area contributed by atoms with Gasteiger partial charge in [-0.15, -0.1) is 0 Å². The van der Waals surface area contributed by atoms with E-state index in [2.05, 4.69) is 32.9 Å². The van der Waals surface area contributed by atoms with Crippen molar-refractivity contribution in [2.24, 2.45) is 11.8 Å². The third kappa shape index (κ3) is 5.64. The first-order chi connectivity index (χ1) is 18.3. The number of hydrogen-bond acceptors (Lipinski definition) is 4. The molecule has 0 bridgehead atoms. The molecule has 1 N–H and O–H groups in total. The highest BCUT2D eigenvalue weighted by atomic mass is 19.1. The Morgan fingerprint density at radius 2 is 1.97 bits per heavy atom. The summed E-state index contributed by atoms with van der Waals surface area (Å²) >= 11 is 0. The van der Waals surface area contributed by atoms with Crippen LogP contribution in [0.2, 0.25) is 0 Å². The summed E-state index contributed by atoms with van der Waals surface area (Å²) in [6.45, 7) is 11.9. The molecule has 2 aromatic heterocycles. The lowest BCUT2D eigenvalue weighted by Crippen LogP contribution is -2.33. The minimum absolute atomic E-state index is 0.0135. The second kappa shape index (κ2) is 11.5. The molecule has 0 unspecified atom stereocenters. The van der Waals surface area contributed by atoms with E-state index in [0.717, 1.165) is 30.0 Å². The minimum Gasteiger partial charge on any atom is -0.339 e. The topological polar surface area (TPSA) is 53.4 Å². The molecule has 1 atom stereocenters. The zero-order valence-corrected chi connectivity index (χ0v) is 23.3. The van der Waals surface area contributed by atoms with Gasteiger partial charge in [0.15, 0.2) is 0 Å². The Labute approximate surface area is 226 Å². The largest absolute Gasteiger partial charge is 0.339 e. The number of piperidine rings is 1. The van der Waals surface area contributed by atoms with Crippen LogP contribution in [0.15, 0.2) is 36.8 Å². The van der Waals surface area contributed by atoms with Gasteiger partial charge in [0.1, 0.15) is 5.82 Å². The average molecular weight is 520 g/mol. The van der Waals surface area contributed by atoms with E-state index in [1.165, 1.54) is 74.9 Å². The fourth-order valence-corrected chi connectivity index (χ4v) is 6.24. The summed E-state index contributed by atoms with van der Waals surface area (Å²) in [5, 5.41) is 4.67. The van der Waals surface area contributed by atoms with Gasteiger partial charge in [0.25, 0.3) is 5.91 Å². The van der Waals surface area contributed by atoms with Crippen molar-refractivity contribution in [3.8, 4) is 5.69 Å². The van der Waals surface area contributed by atoms with Crippen LogP contribution in [0.25, 0.3) is 16.6 Å². The van der Waals surface area contributed by atoms with E-state index in [-0.39, 0.29) is 11.9 Å². The number of fused-ring (bicyclic) bond motifs is 1. The molecular formula is C31H42FN5O. The van der Waals surface area contributed by atoms with Gasteiger partial charge >= 0.3 is 0 Å².